The Morgan fingerprint density at radius 2 is 2.00 bits per heavy atom. The molecule has 0 bridgehead atoms. The zero-order chi connectivity index (χ0) is 14.5. The van der Waals surface area contributed by atoms with E-state index < -0.39 is 5.82 Å². The van der Waals surface area contributed by atoms with Crippen LogP contribution < -0.4 is 10.2 Å². The highest BCUT2D eigenvalue weighted by Crippen LogP contribution is 2.18. The number of rotatable bonds is 5. The summed E-state index contributed by atoms with van der Waals surface area (Å²) in [7, 11) is 3.68. The molecule has 0 amide bonds. The van der Waals surface area contributed by atoms with Gasteiger partial charge in [-0.15, -0.1) is 0 Å². The van der Waals surface area contributed by atoms with Crippen molar-refractivity contribution >= 4 is 11.9 Å². The third kappa shape index (κ3) is 3.37. The van der Waals surface area contributed by atoms with Crippen LogP contribution in [0.5, 0.6) is 0 Å². The third-order valence-corrected chi connectivity index (χ3v) is 2.52. The topological polar surface area (TPSA) is 66.8 Å². The highest BCUT2D eigenvalue weighted by atomic mass is 19.1. The van der Waals surface area contributed by atoms with Crippen LogP contribution in [0.4, 0.5) is 16.3 Å². The summed E-state index contributed by atoms with van der Waals surface area (Å²) in [6.45, 7) is 2.82. The van der Waals surface area contributed by atoms with Crippen molar-refractivity contribution in [1.29, 1.82) is 0 Å². The monoisotopic (exact) mass is 276 g/mol. The van der Waals surface area contributed by atoms with Gasteiger partial charge in [-0.3, -0.25) is 4.98 Å². The lowest BCUT2D eigenvalue weighted by Gasteiger charge is -2.13. The summed E-state index contributed by atoms with van der Waals surface area (Å²) in [6, 6.07) is 1.35. The largest absolute Gasteiger partial charge is 0.354 e. The lowest BCUT2D eigenvalue weighted by atomic mass is 10.2. The predicted molar refractivity (Wildman–Crippen MR) is 76.1 cm³/mol. The van der Waals surface area contributed by atoms with Crippen LogP contribution in [0.1, 0.15) is 13.3 Å². The molecular weight excluding hydrogens is 259 g/mol. The molecule has 2 aromatic rings. The Kier molecular flexibility index (Phi) is 4.39. The van der Waals surface area contributed by atoms with E-state index in [4.69, 9.17) is 0 Å². The van der Waals surface area contributed by atoms with Gasteiger partial charge in [-0.1, -0.05) is 6.92 Å². The number of nitrogens with zero attached hydrogens (tertiary/aromatic N) is 5. The molecule has 2 aromatic heterocycles. The van der Waals surface area contributed by atoms with E-state index in [9.17, 15) is 4.39 Å². The van der Waals surface area contributed by atoms with Crippen molar-refractivity contribution in [3.05, 3.63) is 24.3 Å². The zero-order valence-electron chi connectivity index (χ0n) is 11.8. The van der Waals surface area contributed by atoms with Gasteiger partial charge in [0, 0.05) is 32.4 Å². The van der Waals surface area contributed by atoms with Crippen molar-refractivity contribution < 1.29 is 4.39 Å². The number of hydrogen-bond acceptors (Lipinski definition) is 6. The number of aromatic nitrogens is 4. The van der Waals surface area contributed by atoms with Gasteiger partial charge in [-0.25, -0.2) is 4.39 Å². The predicted octanol–water partition coefficient (Wildman–Crippen LogP) is 1.96. The lowest BCUT2D eigenvalue weighted by Crippen LogP contribution is -2.16. The molecule has 0 saturated carbocycles. The van der Waals surface area contributed by atoms with E-state index in [1.54, 1.807) is 4.90 Å². The van der Waals surface area contributed by atoms with Crippen LogP contribution in [-0.4, -0.2) is 40.6 Å². The van der Waals surface area contributed by atoms with E-state index in [0.29, 0.717) is 23.3 Å². The summed E-state index contributed by atoms with van der Waals surface area (Å²) >= 11 is 0. The Balaban J connectivity index is 2.43. The number of nitrogens with one attached hydrogen (secondary N) is 1. The average Bonchev–Trinajstić information content (AvgIpc) is 2.44. The van der Waals surface area contributed by atoms with Crippen molar-refractivity contribution in [2.75, 3.05) is 30.9 Å². The van der Waals surface area contributed by atoms with Crippen LogP contribution in [0, 0.1) is 5.82 Å². The van der Waals surface area contributed by atoms with Crippen molar-refractivity contribution in [2.24, 2.45) is 0 Å². The van der Waals surface area contributed by atoms with Gasteiger partial charge in [0.1, 0.15) is 5.82 Å². The molecule has 0 spiro atoms. The second-order valence-corrected chi connectivity index (χ2v) is 4.50. The Morgan fingerprint density at radius 1 is 1.20 bits per heavy atom. The maximum absolute atomic E-state index is 13.3. The Morgan fingerprint density at radius 3 is 2.65 bits per heavy atom. The highest BCUT2D eigenvalue weighted by Gasteiger charge is 2.10. The molecule has 6 nitrogen and oxygen atoms in total. The van der Waals surface area contributed by atoms with E-state index >= 15 is 0 Å². The normalized spacial score (nSPS) is 10.4. The van der Waals surface area contributed by atoms with E-state index in [2.05, 4.69) is 32.2 Å². The number of halogens is 1. The minimum Gasteiger partial charge on any atom is -0.354 e. The first kappa shape index (κ1) is 14.1. The number of anilines is 2. The van der Waals surface area contributed by atoms with Crippen molar-refractivity contribution in [3.63, 3.8) is 0 Å². The SMILES string of the molecule is CCCNc1nc(-c2cncc(F)c2)nc(N(C)C)n1. The fourth-order valence-corrected chi connectivity index (χ4v) is 1.54. The van der Waals surface area contributed by atoms with E-state index in [1.807, 2.05) is 14.1 Å². The van der Waals surface area contributed by atoms with E-state index in [-0.39, 0.29) is 0 Å². The van der Waals surface area contributed by atoms with Crippen molar-refractivity contribution in [3.8, 4) is 11.4 Å². The van der Waals surface area contributed by atoms with Gasteiger partial charge in [0.15, 0.2) is 5.82 Å². The van der Waals surface area contributed by atoms with Crippen LogP contribution in [0.25, 0.3) is 11.4 Å². The Hall–Kier alpha value is -2.31. The quantitative estimate of drug-likeness (QED) is 0.900. The van der Waals surface area contributed by atoms with E-state index in [1.165, 1.54) is 12.3 Å². The molecule has 0 saturated heterocycles. The maximum atomic E-state index is 13.3. The van der Waals surface area contributed by atoms with E-state index in [0.717, 1.165) is 19.2 Å². The molecule has 0 aliphatic heterocycles. The minimum absolute atomic E-state index is 0.398. The first-order valence-electron chi connectivity index (χ1n) is 6.38. The summed E-state index contributed by atoms with van der Waals surface area (Å²) < 4.78 is 13.3. The van der Waals surface area contributed by atoms with Gasteiger partial charge in [-0.2, -0.15) is 15.0 Å². The molecule has 0 aliphatic carbocycles. The second kappa shape index (κ2) is 6.23. The molecule has 20 heavy (non-hydrogen) atoms. The first-order chi connectivity index (χ1) is 9.60. The molecule has 7 heteroatoms. The van der Waals surface area contributed by atoms with Crippen molar-refractivity contribution in [2.45, 2.75) is 13.3 Å². The number of pyridine rings is 1. The summed E-state index contributed by atoms with van der Waals surface area (Å²) in [4.78, 5) is 18.5. The molecule has 0 radical (unpaired) electrons. The summed E-state index contributed by atoms with van der Waals surface area (Å²) in [6.07, 6.45) is 3.63. The molecule has 106 valence electrons. The third-order valence-electron chi connectivity index (χ3n) is 2.52. The molecule has 0 fully saturated rings. The average molecular weight is 276 g/mol. The lowest BCUT2D eigenvalue weighted by molar-refractivity contribution is 0.622. The second-order valence-electron chi connectivity index (χ2n) is 4.50. The zero-order valence-corrected chi connectivity index (χ0v) is 11.8. The molecule has 1 N–H and O–H groups in total. The molecule has 0 unspecified atom stereocenters. The van der Waals surface area contributed by atoms with Crippen LogP contribution in [-0.2, 0) is 0 Å². The van der Waals surface area contributed by atoms with Gasteiger partial charge in [0.05, 0.1) is 6.20 Å². The molecule has 0 aromatic carbocycles. The fraction of sp³-hybridized carbons (Fsp3) is 0.385. The smallest absolute Gasteiger partial charge is 0.230 e. The van der Waals surface area contributed by atoms with Crippen LogP contribution in [0.15, 0.2) is 18.5 Å². The Bertz CT molecular complexity index is 587. The molecule has 0 atom stereocenters. The molecule has 0 aliphatic rings. The minimum atomic E-state index is -0.419. The molecule has 2 rings (SSSR count). The molecule has 2 heterocycles. The Labute approximate surface area is 117 Å². The summed E-state index contributed by atoms with van der Waals surface area (Å²) in [5, 5.41) is 3.11. The van der Waals surface area contributed by atoms with Gasteiger partial charge < -0.3 is 10.2 Å². The van der Waals surface area contributed by atoms with Gasteiger partial charge in [-0.05, 0) is 12.5 Å². The summed E-state index contributed by atoms with van der Waals surface area (Å²) in [5.41, 5.74) is 0.523. The highest BCUT2D eigenvalue weighted by molar-refractivity contribution is 5.57. The standard InChI is InChI=1S/C13H17FN6/c1-4-5-16-12-17-11(18-13(19-12)20(2)3)9-6-10(14)8-15-7-9/h6-8H,4-5H2,1-3H3,(H,16,17,18,19). The summed E-state index contributed by atoms with van der Waals surface area (Å²) in [5.74, 6) is 0.967. The van der Waals surface area contributed by atoms with Gasteiger partial charge >= 0.3 is 0 Å². The fourth-order valence-electron chi connectivity index (χ4n) is 1.54. The van der Waals surface area contributed by atoms with Crippen molar-refractivity contribution in [1.82, 2.24) is 19.9 Å². The molecular formula is C13H17FN6. The van der Waals surface area contributed by atoms with Crippen LogP contribution in [0.2, 0.25) is 0 Å². The number of hydrogen-bond donors (Lipinski definition) is 1. The van der Waals surface area contributed by atoms with Crippen LogP contribution in [0.3, 0.4) is 0 Å². The first-order valence-corrected chi connectivity index (χ1v) is 6.38. The maximum Gasteiger partial charge on any atom is 0.230 e. The van der Waals surface area contributed by atoms with Crippen LogP contribution >= 0.6 is 0 Å². The van der Waals surface area contributed by atoms with Gasteiger partial charge in [0.2, 0.25) is 11.9 Å². The van der Waals surface area contributed by atoms with Gasteiger partial charge in [0.25, 0.3) is 0 Å².